The number of anilines is 2. The number of benzene rings is 1. The number of carbonyl (C=O) groups is 1. The molecule has 1 aromatic carbocycles. The van der Waals surface area contributed by atoms with E-state index in [1.54, 1.807) is 11.3 Å². The molecule has 1 N–H and O–H groups in total. The van der Waals surface area contributed by atoms with Gasteiger partial charge in [-0.25, -0.2) is 4.79 Å². The van der Waals surface area contributed by atoms with Gasteiger partial charge in [0.05, 0.1) is 12.2 Å². The predicted molar refractivity (Wildman–Crippen MR) is 142 cm³/mol. The van der Waals surface area contributed by atoms with Gasteiger partial charge in [-0.2, -0.15) is 0 Å². The van der Waals surface area contributed by atoms with Crippen LogP contribution in [0.1, 0.15) is 65.9 Å². The highest BCUT2D eigenvalue weighted by Gasteiger charge is 2.29. The Morgan fingerprint density at radius 2 is 1.88 bits per heavy atom. The number of fused-ring (bicyclic) bond motifs is 1. The Morgan fingerprint density at radius 1 is 1.15 bits per heavy atom. The van der Waals surface area contributed by atoms with Gasteiger partial charge in [-0.1, -0.05) is 30.5 Å². The van der Waals surface area contributed by atoms with E-state index in [4.69, 9.17) is 17.0 Å². The SMILES string of the molecule is CCOC(=O)c1c(NC(=S)N2CCN(c3ccc(C)cc3)C(C)C2)sc2c1CCCCCC2. The molecule has 178 valence electrons. The van der Waals surface area contributed by atoms with Crippen molar-refractivity contribution in [3.63, 3.8) is 0 Å². The molecule has 5 nitrogen and oxygen atoms in total. The van der Waals surface area contributed by atoms with Crippen molar-refractivity contribution in [2.45, 2.75) is 65.3 Å². The molecule has 2 aromatic rings. The highest BCUT2D eigenvalue weighted by molar-refractivity contribution is 7.80. The number of nitrogens with zero attached hydrogens (tertiary/aromatic N) is 2. The van der Waals surface area contributed by atoms with Crippen LogP contribution in [-0.2, 0) is 17.6 Å². The summed E-state index contributed by atoms with van der Waals surface area (Å²) in [5.41, 5.74) is 4.43. The Kier molecular flexibility index (Phi) is 7.91. The van der Waals surface area contributed by atoms with E-state index in [0.717, 1.165) is 43.9 Å². The van der Waals surface area contributed by atoms with Crippen molar-refractivity contribution in [2.75, 3.05) is 36.5 Å². The third-order valence-electron chi connectivity index (χ3n) is 6.65. The van der Waals surface area contributed by atoms with E-state index in [1.165, 1.54) is 41.0 Å². The first-order valence-electron chi connectivity index (χ1n) is 12.2. The van der Waals surface area contributed by atoms with Crippen LogP contribution in [0.3, 0.4) is 0 Å². The van der Waals surface area contributed by atoms with Gasteiger partial charge in [-0.3, -0.25) is 0 Å². The molecule has 0 spiro atoms. The number of hydrogen-bond donors (Lipinski definition) is 1. The Labute approximate surface area is 207 Å². The summed E-state index contributed by atoms with van der Waals surface area (Å²) in [5, 5.41) is 5.02. The van der Waals surface area contributed by atoms with Gasteiger partial charge in [0.2, 0.25) is 0 Å². The highest BCUT2D eigenvalue weighted by atomic mass is 32.1. The zero-order valence-corrected chi connectivity index (χ0v) is 21.6. The standard InChI is InChI=1S/C26H35N3O2S2/c1-4-31-25(30)23-21-9-7-5-6-8-10-22(21)33-24(23)27-26(32)28-15-16-29(19(3)17-28)20-13-11-18(2)12-14-20/h11-14,19H,4-10,15-17H2,1-3H3,(H,27,32). The number of nitrogens with one attached hydrogen (secondary N) is 1. The summed E-state index contributed by atoms with van der Waals surface area (Å²) in [6.07, 6.45) is 6.77. The molecule has 7 heteroatoms. The second kappa shape index (κ2) is 10.9. The lowest BCUT2D eigenvalue weighted by Crippen LogP contribution is -2.54. The molecule has 0 saturated carbocycles. The van der Waals surface area contributed by atoms with Crippen LogP contribution in [-0.4, -0.2) is 48.3 Å². The summed E-state index contributed by atoms with van der Waals surface area (Å²) in [6.45, 7) is 9.22. The summed E-state index contributed by atoms with van der Waals surface area (Å²) in [4.78, 5) is 18.9. The van der Waals surface area contributed by atoms with Crippen molar-refractivity contribution in [1.82, 2.24) is 4.90 Å². The van der Waals surface area contributed by atoms with Crippen molar-refractivity contribution in [2.24, 2.45) is 0 Å². The lowest BCUT2D eigenvalue weighted by atomic mass is 9.96. The van der Waals surface area contributed by atoms with Crippen molar-refractivity contribution in [3.8, 4) is 0 Å². The van der Waals surface area contributed by atoms with Gasteiger partial charge in [0.15, 0.2) is 5.11 Å². The molecule has 2 heterocycles. The van der Waals surface area contributed by atoms with Crippen molar-refractivity contribution < 1.29 is 9.53 Å². The fourth-order valence-corrected chi connectivity index (χ4v) is 6.47. The normalized spacial score (nSPS) is 18.8. The van der Waals surface area contributed by atoms with Gasteiger partial charge in [0.25, 0.3) is 0 Å². The number of carbonyl (C=O) groups excluding carboxylic acids is 1. The number of rotatable bonds is 4. The fourth-order valence-electron chi connectivity index (χ4n) is 4.86. The summed E-state index contributed by atoms with van der Waals surface area (Å²) in [5.74, 6) is -0.224. The number of thiophene rings is 1. The maximum Gasteiger partial charge on any atom is 0.341 e. The van der Waals surface area contributed by atoms with Gasteiger partial charge < -0.3 is 19.9 Å². The third-order valence-corrected chi connectivity index (χ3v) is 8.22. The zero-order valence-electron chi connectivity index (χ0n) is 20.0. The highest BCUT2D eigenvalue weighted by Crippen LogP contribution is 2.38. The second-order valence-electron chi connectivity index (χ2n) is 9.10. The minimum Gasteiger partial charge on any atom is -0.462 e. The first kappa shape index (κ1) is 24.0. The fraction of sp³-hybridized carbons (Fsp3) is 0.538. The molecule has 0 amide bonds. The molecule has 1 saturated heterocycles. The Morgan fingerprint density at radius 3 is 2.58 bits per heavy atom. The van der Waals surface area contributed by atoms with Crippen LogP contribution in [0.4, 0.5) is 10.7 Å². The van der Waals surface area contributed by atoms with Crippen molar-refractivity contribution >= 4 is 45.3 Å². The topological polar surface area (TPSA) is 44.8 Å². The average Bonchev–Trinajstić information content (AvgIpc) is 3.10. The second-order valence-corrected chi connectivity index (χ2v) is 10.6. The maximum absolute atomic E-state index is 12.9. The number of aryl methyl sites for hydroxylation is 2. The quantitative estimate of drug-likeness (QED) is 0.436. The van der Waals surface area contributed by atoms with Gasteiger partial charge in [-0.05, 0) is 76.4 Å². The molecule has 33 heavy (non-hydrogen) atoms. The summed E-state index contributed by atoms with van der Waals surface area (Å²) in [7, 11) is 0. The number of hydrogen-bond acceptors (Lipinski definition) is 5. The molecular formula is C26H35N3O2S2. The van der Waals surface area contributed by atoms with Crippen molar-refractivity contribution in [1.29, 1.82) is 0 Å². The summed E-state index contributed by atoms with van der Waals surface area (Å²) >= 11 is 7.53. The minimum absolute atomic E-state index is 0.224. The van der Waals surface area contributed by atoms with Gasteiger partial charge in [0, 0.05) is 36.2 Å². The minimum atomic E-state index is -0.224. The van der Waals surface area contributed by atoms with E-state index in [-0.39, 0.29) is 5.97 Å². The molecule has 2 aliphatic rings. The van der Waals surface area contributed by atoms with Gasteiger partial charge in [0.1, 0.15) is 5.00 Å². The predicted octanol–water partition coefficient (Wildman–Crippen LogP) is 5.80. The van der Waals surface area contributed by atoms with E-state index < -0.39 is 0 Å². The van der Waals surface area contributed by atoms with Crippen LogP contribution in [0.5, 0.6) is 0 Å². The van der Waals surface area contributed by atoms with Gasteiger partial charge >= 0.3 is 5.97 Å². The molecule has 1 unspecified atom stereocenters. The molecule has 1 aliphatic carbocycles. The summed E-state index contributed by atoms with van der Waals surface area (Å²) < 4.78 is 5.44. The number of ether oxygens (including phenoxy) is 1. The number of piperazine rings is 1. The van der Waals surface area contributed by atoms with Crippen LogP contribution in [0.25, 0.3) is 0 Å². The maximum atomic E-state index is 12.9. The van der Waals surface area contributed by atoms with E-state index in [9.17, 15) is 4.79 Å². The first-order valence-corrected chi connectivity index (χ1v) is 13.4. The first-order chi connectivity index (χ1) is 16.0. The van der Waals surface area contributed by atoms with Crippen LogP contribution in [0.15, 0.2) is 24.3 Å². The Hall–Kier alpha value is -2.12. The molecular weight excluding hydrogens is 450 g/mol. The van der Waals surface area contributed by atoms with Crippen LogP contribution < -0.4 is 10.2 Å². The average molecular weight is 486 g/mol. The third kappa shape index (κ3) is 5.52. The smallest absolute Gasteiger partial charge is 0.341 e. The molecule has 4 rings (SSSR count). The lowest BCUT2D eigenvalue weighted by Gasteiger charge is -2.42. The molecule has 1 aromatic heterocycles. The van der Waals surface area contributed by atoms with Gasteiger partial charge in [-0.15, -0.1) is 11.3 Å². The number of thiocarbonyl (C=S) groups is 1. The zero-order chi connectivity index (χ0) is 23.4. The summed E-state index contributed by atoms with van der Waals surface area (Å²) in [6, 6.07) is 9.08. The van der Waals surface area contributed by atoms with E-state index in [2.05, 4.69) is 53.2 Å². The Bertz CT molecular complexity index is 986. The molecule has 1 fully saturated rings. The van der Waals surface area contributed by atoms with E-state index in [0.29, 0.717) is 23.3 Å². The van der Waals surface area contributed by atoms with Crippen LogP contribution in [0.2, 0.25) is 0 Å². The molecule has 0 radical (unpaired) electrons. The van der Waals surface area contributed by atoms with Crippen LogP contribution >= 0.6 is 23.6 Å². The van der Waals surface area contributed by atoms with E-state index in [1.807, 2.05) is 6.92 Å². The number of esters is 1. The molecule has 1 atom stereocenters. The van der Waals surface area contributed by atoms with E-state index >= 15 is 0 Å². The lowest BCUT2D eigenvalue weighted by molar-refractivity contribution is 0.0526. The largest absolute Gasteiger partial charge is 0.462 e. The Balaban J connectivity index is 1.49. The monoisotopic (exact) mass is 485 g/mol. The molecule has 1 aliphatic heterocycles. The van der Waals surface area contributed by atoms with Crippen molar-refractivity contribution in [3.05, 3.63) is 45.8 Å². The molecule has 0 bridgehead atoms. The van der Waals surface area contributed by atoms with Crippen LogP contribution in [0, 0.1) is 6.92 Å².